The van der Waals surface area contributed by atoms with Gasteiger partial charge in [-0.05, 0) is 18.9 Å². The second kappa shape index (κ2) is 5.33. The van der Waals surface area contributed by atoms with E-state index in [4.69, 9.17) is 4.74 Å². The number of hydrogen-bond donors (Lipinski definition) is 0. The summed E-state index contributed by atoms with van der Waals surface area (Å²) in [5.74, 6) is -0.933. The molecule has 0 spiro atoms. The topological polar surface area (TPSA) is 47.4 Å². The number of hydrogen-bond acceptors (Lipinski definition) is 4. The zero-order valence-electron chi connectivity index (χ0n) is 12.3. The molecule has 0 saturated carbocycles. The van der Waals surface area contributed by atoms with Crippen LogP contribution in [0, 0.1) is 11.6 Å². The highest BCUT2D eigenvalue weighted by Crippen LogP contribution is 2.33. The van der Waals surface area contributed by atoms with Gasteiger partial charge in [-0.3, -0.25) is 4.57 Å². The van der Waals surface area contributed by atoms with E-state index in [1.807, 2.05) is 0 Å². The van der Waals surface area contributed by atoms with Gasteiger partial charge in [0.1, 0.15) is 12.4 Å². The van der Waals surface area contributed by atoms with Gasteiger partial charge in [0.25, 0.3) is 0 Å². The first-order chi connectivity index (χ1) is 11.1. The fraction of sp³-hybridized carbons (Fsp3) is 0.375. The molecule has 1 aromatic carbocycles. The molecule has 4 rings (SSSR count). The van der Waals surface area contributed by atoms with Gasteiger partial charge in [0.2, 0.25) is 5.88 Å². The van der Waals surface area contributed by atoms with Crippen molar-refractivity contribution in [1.82, 2.24) is 9.55 Å². The molecule has 3 heterocycles. The number of aromatic nitrogens is 2. The Morgan fingerprint density at radius 1 is 1.35 bits per heavy atom. The van der Waals surface area contributed by atoms with E-state index in [-0.39, 0.29) is 23.7 Å². The van der Waals surface area contributed by atoms with Gasteiger partial charge in [0.15, 0.2) is 11.6 Å². The summed E-state index contributed by atoms with van der Waals surface area (Å²) in [6, 6.07) is 5.95. The van der Waals surface area contributed by atoms with Gasteiger partial charge >= 0.3 is 5.69 Å². The van der Waals surface area contributed by atoms with Crippen LogP contribution in [0.25, 0.3) is 0 Å². The van der Waals surface area contributed by atoms with Crippen LogP contribution in [0.15, 0.2) is 29.1 Å². The highest BCUT2D eigenvalue weighted by molar-refractivity contribution is 5.48. The third kappa shape index (κ3) is 2.36. The van der Waals surface area contributed by atoms with E-state index in [9.17, 15) is 13.6 Å². The smallest absolute Gasteiger partial charge is 0.352 e. The van der Waals surface area contributed by atoms with E-state index in [2.05, 4.69) is 9.88 Å². The Hall–Kier alpha value is -2.44. The maximum absolute atomic E-state index is 13.6. The zero-order chi connectivity index (χ0) is 16.0. The summed E-state index contributed by atoms with van der Waals surface area (Å²) < 4.78 is 33.9. The standard InChI is InChI=1S/C16H15F2N3O2/c17-12-5-1-3-10(15(12)18)9-23-13-7-14-20-6-2-4-11(20)8-21(14)16(22)19-13/h1,3,5,7,11H,2,4,6,8-9H2. The number of rotatable bonds is 3. The summed E-state index contributed by atoms with van der Waals surface area (Å²) >= 11 is 0. The van der Waals surface area contributed by atoms with Crippen molar-refractivity contribution in [3.63, 3.8) is 0 Å². The number of halogens is 2. The molecule has 0 N–H and O–H groups in total. The second-order valence-electron chi connectivity index (χ2n) is 5.84. The van der Waals surface area contributed by atoms with E-state index in [1.165, 1.54) is 12.1 Å². The molecule has 1 unspecified atom stereocenters. The molecule has 0 bridgehead atoms. The largest absolute Gasteiger partial charge is 0.472 e. The van der Waals surface area contributed by atoms with Gasteiger partial charge in [-0.1, -0.05) is 12.1 Å². The fourth-order valence-electron chi connectivity index (χ4n) is 3.31. The lowest BCUT2D eigenvalue weighted by atomic mass is 10.2. The maximum atomic E-state index is 13.6. The molecular formula is C16H15F2N3O2. The molecule has 7 heteroatoms. The third-order valence-corrected chi connectivity index (χ3v) is 4.44. The van der Waals surface area contributed by atoms with Crippen molar-refractivity contribution in [2.75, 3.05) is 11.4 Å². The lowest BCUT2D eigenvalue weighted by Gasteiger charge is -2.17. The summed E-state index contributed by atoms with van der Waals surface area (Å²) in [6.07, 6.45) is 2.16. The van der Waals surface area contributed by atoms with Crippen molar-refractivity contribution in [2.24, 2.45) is 0 Å². The molecule has 2 aromatic rings. The lowest BCUT2D eigenvalue weighted by molar-refractivity contribution is 0.283. The van der Waals surface area contributed by atoms with Crippen LogP contribution in [-0.2, 0) is 13.2 Å². The fourth-order valence-corrected chi connectivity index (χ4v) is 3.31. The Bertz CT molecular complexity index is 821. The number of benzene rings is 1. The van der Waals surface area contributed by atoms with E-state index in [0.717, 1.165) is 31.3 Å². The third-order valence-electron chi connectivity index (χ3n) is 4.44. The second-order valence-corrected chi connectivity index (χ2v) is 5.84. The Morgan fingerprint density at radius 2 is 2.22 bits per heavy atom. The summed E-state index contributed by atoms with van der Waals surface area (Å²) in [6.45, 7) is 1.38. The molecule has 120 valence electrons. The predicted molar refractivity (Wildman–Crippen MR) is 79.6 cm³/mol. The van der Waals surface area contributed by atoms with Gasteiger partial charge in [0, 0.05) is 30.8 Å². The average molecular weight is 319 g/mol. The molecular weight excluding hydrogens is 304 g/mol. The first kappa shape index (κ1) is 14.2. The molecule has 2 aliphatic rings. The molecule has 5 nitrogen and oxygen atoms in total. The average Bonchev–Trinajstić information content (AvgIpc) is 3.11. The van der Waals surface area contributed by atoms with Crippen LogP contribution < -0.4 is 15.3 Å². The minimum Gasteiger partial charge on any atom is -0.472 e. The van der Waals surface area contributed by atoms with E-state index >= 15 is 0 Å². The number of anilines is 1. The molecule has 23 heavy (non-hydrogen) atoms. The van der Waals surface area contributed by atoms with E-state index in [1.54, 1.807) is 10.6 Å². The van der Waals surface area contributed by atoms with Gasteiger partial charge in [-0.15, -0.1) is 0 Å². The Kier molecular flexibility index (Phi) is 3.28. The molecule has 0 radical (unpaired) electrons. The quantitative estimate of drug-likeness (QED) is 0.869. The molecule has 1 atom stereocenters. The Morgan fingerprint density at radius 3 is 3.09 bits per heavy atom. The molecule has 1 fully saturated rings. The summed E-state index contributed by atoms with van der Waals surface area (Å²) in [7, 11) is 0. The van der Waals surface area contributed by atoms with Crippen LogP contribution in [0.2, 0.25) is 0 Å². The highest BCUT2D eigenvalue weighted by Gasteiger charge is 2.34. The molecule has 2 aliphatic heterocycles. The van der Waals surface area contributed by atoms with Crippen molar-refractivity contribution in [3.8, 4) is 5.88 Å². The van der Waals surface area contributed by atoms with Gasteiger partial charge in [-0.25, -0.2) is 13.6 Å². The van der Waals surface area contributed by atoms with Gasteiger partial charge in [-0.2, -0.15) is 4.98 Å². The van der Waals surface area contributed by atoms with Gasteiger partial charge < -0.3 is 9.64 Å². The lowest BCUT2D eigenvalue weighted by Crippen LogP contribution is -2.24. The minimum absolute atomic E-state index is 0.0893. The number of fused-ring (bicyclic) bond motifs is 3. The van der Waals surface area contributed by atoms with Crippen LogP contribution >= 0.6 is 0 Å². The van der Waals surface area contributed by atoms with E-state index in [0.29, 0.717) is 12.6 Å². The normalized spacial score (nSPS) is 18.9. The summed E-state index contributed by atoms with van der Waals surface area (Å²) in [5.41, 5.74) is -0.280. The highest BCUT2D eigenvalue weighted by atomic mass is 19.2. The van der Waals surface area contributed by atoms with Crippen molar-refractivity contribution in [2.45, 2.75) is 32.0 Å². The first-order valence-electron chi connectivity index (χ1n) is 7.57. The van der Waals surface area contributed by atoms with Gasteiger partial charge in [0.05, 0.1) is 0 Å². The van der Waals surface area contributed by atoms with Crippen molar-refractivity contribution < 1.29 is 13.5 Å². The summed E-state index contributed by atoms with van der Waals surface area (Å²) in [5, 5.41) is 0. The van der Waals surface area contributed by atoms with E-state index < -0.39 is 11.6 Å². The maximum Gasteiger partial charge on any atom is 0.352 e. The predicted octanol–water partition coefficient (Wildman–Crippen LogP) is 2.08. The zero-order valence-corrected chi connectivity index (χ0v) is 12.3. The molecule has 0 amide bonds. The molecule has 1 saturated heterocycles. The SMILES string of the molecule is O=c1nc(OCc2cccc(F)c2F)cc2n1CC1CCCN21. The first-order valence-corrected chi connectivity index (χ1v) is 7.57. The molecule has 1 aromatic heterocycles. The Labute approximate surface area is 131 Å². The van der Waals surface area contributed by atoms with Crippen LogP contribution in [0.5, 0.6) is 5.88 Å². The number of ether oxygens (including phenoxy) is 1. The number of nitrogens with zero attached hydrogens (tertiary/aromatic N) is 3. The summed E-state index contributed by atoms with van der Waals surface area (Å²) in [4.78, 5) is 18.2. The van der Waals surface area contributed by atoms with Crippen LogP contribution in [0.4, 0.5) is 14.6 Å². The minimum atomic E-state index is -0.940. The van der Waals surface area contributed by atoms with Crippen molar-refractivity contribution >= 4 is 5.82 Å². The van der Waals surface area contributed by atoms with Crippen LogP contribution in [0.1, 0.15) is 18.4 Å². The van der Waals surface area contributed by atoms with Crippen LogP contribution in [0.3, 0.4) is 0 Å². The molecule has 0 aliphatic carbocycles. The monoisotopic (exact) mass is 319 g/mol. The van der Waals surface area contributed by atoms with Crippen molar-refractivity contribution in [1.29, 1.82) is 0 Å². The van der Waals surface area contributed by atoms with Crippen LogP contribution in [-0.4, -0.2) is 22.1 Å². The Balaban J connectivity index is 1.59. The van der Waals surface area contributed by atoms with Crippen molar-refractivity contribution in [3.05, 3.63) is 51.9 Å².